The number of anilines is 2. The largest absolute Gasteiger partial charge is 0.573 e. The second kappa shape index (κ2) is 10.3. The number of unbranched alkanes of at least 4 members (excludes halogenated alkanes) is 1. The number of halogens is 4. The molecule has 1 heterocycles. The SMILES string of the molecule is FC(F)(F)Oc1ccc(Nc2cc(-c3cccc(OCCCCBr)c3)ncn2)cc1. The molecular weight excluding hydrogens is 463 g/mol. The zero-order valence-corrected chi connectivity index (χ0v) is 17.4. The summed E-state index contributed by atoms with van der Waals surface area (Å²) < 4.78 is 46.4. The smallest absolute Gasteiger partial charge is 0.494 e. The van der Waals surface area contributed by atoms with Crippen LogP contribution >= 0.6 is 15.9 Å². The average molecular weight is 482 g/mol. The fourth-order valence-corrected chi connectivity index (χ4v) is 3.00. The van der Waals surface area contributed by atoms with Crippen LogP contribution in [0, 0.1) is 0 Å². The number of hydrogen-bond acceptors (Lipinski definition) is 5. The zero-order chi connectivity index (χ0) is 21.4. The molecule has 0 fully saturated rings. The van der Waals surface area contributed by atoms with Crippen LogP contribution in [0.2, 0.25) is 0 Å². The molecule has 0 aliphatic carbocycles. The molecule has 0 amide bonds. The normalized spacial score (nSPS) is 11.2. The number of hydrogen-bond donors (Lipinski definition) is 1. The average Bonchev–Trinajstić information content (AvgIpc) is 2.72. The minimum atomic E-state index is -4.72. The van der Waals surface area contributed by atoms with Crippen molar-refractivity contribution in [2.45, 2.75) is 19.2 Å². The molecule has 9 heteroatoms. The summed E-state index contributed by atoms with van der Waals surface area (Å²) in [5.41, 5.74) is 2.13. The van der Waals surface area contributed by atoms with Crippen LogP contribution < -0.4 is 14.8 Å². The van der Waals surface area contributed by atoms with Crippen LogP contribution in [0.25, 0.3) is 11.3 Å². The summed E-state index contributed by atoms with van der Waals surface area (Å²) in [6.07, 6.45) is -1.29. The van der Waals surface area contributed by atoms with Gasteiger partial charge in [-0.2, -0.15) is 0 Å². The molecule has 158 valence electrons. The molecule has 0 saturated carbocycles. The van der Waals surface area contributed by atoms with E-state index in [4.69, 9.17) is 4.74 Å². The minimum Gasteiger partial charge on any atom is -0.494 e. The van der Waals surface area contributed by atoms with Gasteiger partial charge in [0.25, 0.3) is 0 Å². The Kier molecular flexibility index (Phi) is 7.51. The van der Waals surface area contributed by atoms with E-state index in [9.17, 15) is 13.2 Å². The summed E-state index contributed by atoms with van der Waals surface area (Å²) in [6, 6.07) is 14.8. The number of aromatic nitrogens is 2. The Hall–Kier alpha value is -2.81. The highest BCUT2D eigenvalue weighted by atomic mass is 79.9. The highest BCUT2D eigenvalue weighted by Crippen LogP contribution is 2.27. The van der Waals surface area contributed by atoms with Gasteiger partial charge in [-0.3, -0.25) is 0 Å². The molecule has 3 rings (SSSR count). The third-order valence-electron chi connectivity index (χ3n) is 3.95. The fourth-order valence-electron chi connectivity index (χ4n) is 2.60. The van der Waals surface area contributed by atoms with E-state index >= 15 is 0 Å². The van der Waals surface area contributed by atoms with E-state index in [1.165, 1.54) is 30.6 Å². The first kappa shape index (κ1) is 21.9. The van der Waals surface area contributed by atoms with Crippen molar-refractivity contribution in [2.24, 2.45) is 0 Å². The van der Waals surface area contributed by atoms with Crippen LogP contribution in [0.15, 0.2) is 60.9 Å². The highest BCUT2D eigenvalue weighted by Gasteiger charge is 2.30. The standard InChI is InChI=1S/C21H19BrF3N3O2/c22-10-1-2-11-29-18-5-3-4-15(12-18)19-13-20(27-14-26-19)28-16-6-8-17(9-7-16)30-21(23,24)25/h3-9,12-14H,1-2,10-11H2,(H,26,27,28). The van der Waals surface area contributed by atoms with Gasteiger partial charge in [-0.15, -0.1) is 13.2 Å². The quantitative estimate of drug-likeness (QED) is 0.285. The van der Waals surface area contributed by atoms with Crippen molar-refractivity contribution < 1.29 is 22.6 Å². The van der Waals surface area contributed by atoms with E-state index in [-0.39, 0.29) is 5.75 Å². The van der Waals surface area contributed by atoms with E-state index in [1.54, 1.807) is 6.07 Å². The van der Waals surface area contributed by atoms with Crippen molar-refractivity contribution >= 4 is 27.4 Å². The minimum absolute atomic E-state index is 0.288. The Bertz CT molecular complexity index is 953. The van der Waals surface area contributed by atoms with Gasteiger partial charge in [0.05, 0.1) is 12.3 Å². The molecular formula is C21H19BrF3N3O2. The third kappa shape index (κ3) is 6.91. The van der Waals surface area contributed by atoms with Crippen molar-refractivity contribution in [3.63, 3.8) is 0 Å². The second-order valence-corrected chi connectivity index (χ2v) is 7.05. The summed E-state index contributed by atoms with van der Waals surface area (Å²) in [6.45, 7) is 0.639. The van der Waals surface area contributed by atoms with Crippen LogP contribution in [0.4, 0.5) is 24.7 Å². The third-order valence-corrected chi connectivity index (χ3v) is 4.51. The second-order valence-electron chi connectivity index (χ2n) is 6.26. The molecule has 1 aromatic heterocycles. The van der Waals surface area contributed by atoms with Gasteiger partial charge in [-0.25, -0.2) is 9.97 Å². The van der Waals surface area contributed by atoms with Crippen molar-refractivity contribution in [2.75, 3.05) is 17.3 Å². The first-order chi connectivity index (χ1) is 14.4. The maximum atomic E-state index is 12.3. The number of rotatable bonds is 9. The van der Waals surface area contributed by atoms with Crippen LogP contribution in [-0.4, -0.2) is 28.3 Å². The van der Waals surface area contributed by atoms with Crippen LogP contribution in [0.5, 0.6) is 11.5 Å². The predicted molar refractivity (Wildman–Crippen MR) is 112 cm³/mol. The van der Waals surface area contributed by atoms with Gasteiger partial charge in [0, 0.05) is 22.6 Å². The van der Waals surface area contributed by atoms with Crippen molar-refractivity contribution in [3.05, 3.63) is 60.9 Å². The molecule has 5 nitrogen and oxygen atoms in total. The van der Waals surface area contributed by atoms with Crippen molar-refractivity contribution in [1.82, 2.24) is 9.97 Å². The van der Waals surface area contributed by atoms with Gasteiger partial charge in [-0.05, 0) is 49.2 Å². The molecule has 0 radical (unpaired) electrons. The zero-order valence-electron chi connectivity index (χ0n) is 15.8. The maximum Gasteiger partial charge on any atom is 0.573 e. The molecule has 0 atom stereocenters. The summed E-state index contributed by atoms with van der Waals surface area (Å²) in [4.78, 5) is 8.46. The number of nitrogens with zero attached hydrogens (tertiary/aromatic N) is 2. The first-order valence-corrected chi connectivity index (χ1v) is 10.3. The Balaban J connectivity index is 1.67. The fraction of sp³-hybridized carbons (Fsp3) is 0.238. The molecule has 0 aliphatic rings. The predicted octanol–water partition coefficient (Wildman–Crippen LogP) is 6.34. The summed E-state index contributed by atoms with van der Waals surface area (Å²) >= 11 is 3.40. The number of alkyl halides is 4. The molecule has 1 N–H and O–H groups in total. The van der Waals surface area contributed by atoms with E-state index in [1.807, 2.05) is 24.3 Å². The number of benzene rings is 2. The van der Waals surface area contributed by atoms with Gasteiger partial charge in [-0.1, -0.05) is 28.1 Å². The van der Waals surface area contributed by atoms with E-state index < -0.39 is 6.36 Å². The topological polar surface area (TPSA) is 56.3 Å². The summed E-state index contributed by atoms with van der Waals surface area (Å²) in [5.74, 6) is 0.980. The van der Waals surface area contributed by atoms with Gasteiger partial charge < -0.3 is 14.8 Å². The highest BCUT2D eigenvalue weighted by molar-refractivity contribution is 9.09. The summed E-state index contributed by atoms with van der Waals surface area (Å²) in [5, 5.41) is 3.99. The molecule has 0 aliphatic heterocycles. The molecule has 2 aromatic carbocycles. The van der Waals surface area contributed by atoms with Gasteiger partial charge in [0.2, 0.25) is 0 Å². The lowest BCUT2D eigenvalue weighted by atomic mass is 10.1. The lowest BCUT2D eigenvalue weighted by Crippen LogP contribution is -2.16. The van der Waals surface area contributed by atoms with E-state index in [2.05, 4.69) is 36.0 Å². The Morgan fingerprint density at radius 3 is 2.47 bits per heavy atom. The van der Waals surface area contributed by atoms with Gasteiger partial charge in [0.15, 0.2) is 0 Å². The summed E-state index contributed by atoms with van der Waals surface area (Å²) in [7, 11) is 0. The van der Waals surface area contributed by atoms with Crippen LogP contribution in [0.1, 0.15) is 12.8 Å². The molecule has 0 unspecified atom stereocenters. The Morgan fingerprint density at radius 2 is 1.73 bits per heavy atom. The molecule has 30 heavy (non-hydrogen) atoms. The lowest BCUT2D eigenvalue weighted by molar-refractivity contribution is -0.274. The molecule has 0 bridgehead atoms. The van der Waals surface area contributed by atoms with Gasteiger partial charge in [0.1, 0.15) is 23.6 Å². The molecule has 3 aromatic rings. The van der Waals surface area contributed by atoms with E-state index in [0.717, 1.165) is 29.5 Å². The molecule has 0 spiro atoms. The first-order valence-electron chi connectivity index (χ1n) is 9.17. The number of ether oxygens (including phenoxy) is 2. The number of nitrogens with one attached hydrogen (secondary N) is 1. The monoisotopic (exact) mass is 481 g/mol. The Morgan fingerprint density at radius 1 is 0.933 bits per heavy atom. The van der Waals surface area contributed by atoms with Gasteiger partial charge >= 0.3 is 6.36 Å². The van der Waals surface area contributed by atoms with E-state index in [0.29, 0.717) is 23.8 Å². The Labute approximate surface area is 180 Å². The maximum absolute atomic E-state index is 12.3. The molecule has 0 saturated heterocycles. The van der Waals surface area contributed by atoms with Crippen molar-refractivity contribution in [1.29, 1.82) is 0 Å². The van der Waals surface area contributed by atoms with Crippen LogP contribution in [0.3, 0.4) is 0 Å². The lowest BCUT2D eigenvalue weighted by Gasteiger charge is -2.11. The van der Waals surface area contributed by atoms with Crippen LogP contribution in [-0.2, 0) is 0 Å². The van der Waals surface area contributed by atoms with Crippen molar-refractivity contribution in [3.8, 4) is 22.8 Å².